The summed E-state index contributed by atoms with van der Waals surface area (Å²) in [6.07, 6.45) is 3.11. The zero-order valence-electron chi connectivity index (χ0n) is 21.8. The van der Waals surface area contributed by atoms with Crippen LogP contribution >= 0.6 is 11.6 Å². The topological polar surface area (TPSA) is 122 Å². The molecule has 0 radical (unpaired) electrons. The molecule has 2 amide bonds. The third-order valence-corrected chi connectivity index (χ3v) is 6.93. The molecule has 1 saturated carbocycles. The maximum Gasteiger partial charge on any atom is 1.00 e. The minimum Gasteiger partial charge on any atom is -1.00 e. The largest absolute Gasteiger partial charge is 1.00 e. The molecule has 3 rings (SSSR count). The van der Waals surface area contributed by atoms with Crippen molar-refractivity contribution in [1.29, 1.82) is 0 Å². The fraction of sp³-hybridized carbons (Fsp3) is 0.440. The summed E-state index contributed by atoms with van der Waals surface area (Å²) < 4.78 is 41.1. The van der Waals surface area contributed by atoms with Crippen LogP contribution in [0.3, 0.4) is 0 Å². The number of hydrogen-bond donors (Lipinski definition) is 2. The quantitative estimate of drug-likeness (QED) is 0.315. The Labute approximate surface area is 246 Å². The molecule has 0 aliphatic heterocycles. The Morgan fingerprint density at radius 3 is 2.14 bits per heavy atom. The van der Waals surface area contributed by atoms with Gasteiger partial charge in [0, 0.05) is 11.6 Å². The van der Waals surface area contributed by atoms with E-state index in [0.29, 0.717) is 35.5 Å². The average molecular weight is 563 g/mol. The fourth-order valence-corrected chi connectivity index (χ4v) is 4.52. The maximum absolute atomic E-state index is 13.0. The molecule has 0 bridgehead atoms. The predicted octanol–water partition coefficient (Wildman–Crippen LogP) is 1.56. The van der Waals surface area contributed by atoms with E-state index in [2.05, 4.69) is 5.32 Å². The van der Waals surface area contributed by atoms with Crippen molar-refractivity contribution in [2.75, 3.05) is 37.0 Å². The molecule has 1 aliphatic carbocycles. The summed E-state index contributed by atoms with van der Waals surface area (Å²) in [7, 11) is -4.10. The molecule has 0 spiro atoms. The summed E-state index contributed by atoms with van der Waals surface area (Å²) in [4.78, 5) is 26.2. The third-order valence-electron chi connectivity index (χ3n) is 5.96. The normalized spacial score (nSPS) is 17.4. The Hall–Kier alpha value is -1.66. The zero-order chi connectivity index (χ0) is 26.0. The molecule has 12 heteroatoms. The van der Waals surface area contributed by atoms with Crippen LogP contribution in [0.15, 0.2) is 54.6 Å². The van der Waals surface area contributed by atoms with Crippen LogP contribution < -0.4 is 39.8 Å². The average Bonchev–Trinajstić information content (AvgIpc) is 2.85. The first-order chi connectivity index (χ1) is 17.2. The fourth-order valence-electron chi connectivity index (χ4n) is 4.03. The van der Waals surface area contributed by atoms with Crippen molar-refractivity contribution in [3.8, 4) is 0 Å². The van der Waals surface area contributed by atoms with Gasteiger partial charge < -0.3 is 16.2 Å². The number of amides is 2. The van der Waals surface area contributed by atoms with Gasteiger partial charge in [0.15, 0.2) is 0 Å². The van der Waals surface area contributed by atoms with Crippen LogP contribution in [-0.4, -0.2) is 57.1 Å². The van der Waals surface area contributed by atoms with Crippen molar-refractivity contribution in [2.45, 2.75) is 25.7 Å². The van der Waals surface area contributed by atoms with E-state index in [0.717, 1.165) is 25.7 Å². The SMILES string of the molecule is O=C(COCC1CCC(COC(=O)N(c2ccccc2)c2ccc(Cl)cc2)CC1)NCCS(=O)(=O)O.[H-].[Na+]. The monoisotopic (exact) mass is 562 g/mol. The second-order valence-electron chi connectivity index (χ2n) is 8.76. The molecule has 198 valence electrons. The van der Waals surface area contributed by atoms with Gasteiger partial charge in [-0.05, 0) is 73.9 Å². The summed E-state index contributed by atoms with van der Waals surface area (Å²) in [6, 6.07) is 16.3. The second kappa shape index (κ2) is 15.7. The standard InChI is InChI=1S/C25H31ClN2O7S.Na.H/c26-21-10-12-23(13-11-21)28(22-4-2-1-3-5-22)25(30)35-17-20-8-6-19(7-9-20)16-34-18-24(29)27-14-15-36(31,32)33;;/h1-5,10-13,19-20H,6-9,14-18H2,(H,27,29)(H,31,32,33);;/q;+1;-1. The van der Waals surface area contributed by atoms with Gasteiger partial charge >= 0.3 is 35.7 Å². The Bertz CT molecular complexity index is 1100. The van der Waals surface area contributed by atoms with Crippen LogP contribution in [0, 0.1) is 11.8 Å². The van der Waals surface area contributed by atoms with Gasteiger partial charge in [-0.3, -0.25) is 9.35 Å². The minimum atomic E-state index is -4.10. The van der Waals surface area contributed by atoms with Gasteiger partial charge in [-0.1, -0.05) is 29.8 Å². The molecular weight excluding hydrogens is 531 g/mol. The Kier molecular flexibility index (Phi) is 13.4. The first kappa shape index (κ1) is 31.6. The molecule has 0 atom stereocenters. The number of carbonyl (C=O) groups excluding carboxylic acids is 2. The van der Waals surface area contributed by atoms with E-state index in [1.807, 2.05) is 30.3 Å². The van der Waals surface area contributed by atoms with E-state index in [4.69, 9.17) is 25.6 Å². The molecule has 2 N–H and O–H groups in total. The number of anilines is 2. The number of carbonyl (C=O) groups is 2. The van der Waals surface area contributed by atoms with Crippen molar-refractivity contribution in [2.24, 2.45) is 11.8 Å². The first-order valence-corrected chi connectivity index (χ1v) is 13.8. The van der Waals surface area contributed by atoms with Gasteiger partial charge in [-0.2, -0.15) is 8.42 Å². The molecule has 0 aromatic heterocycles. The van der Waals surface area contributed by atoms with Crippen LogP contribution in [0.5, 0.6) is 0 Å². The number of hydrogen-bond acceptors (Lipinski definition) is 6. The summed E-state index contributed by atoms with van der Waals surface area (Å²) in [5.41, 5.74) is 1.37. The van der Waals surface area contributed by atoms with Gasteiger partial charge in [0.2, 0.25) is 5.91 Å². The molecule has 9 nitrogen and oxygen atoms in total. The van der Waals surface area contributed by atoms with Crippen molar-refractivity contribution in [3.63, 3.8) is 0 Å². The number of nitrogens with one attached hydrogen (secondary N) is 1. The van der Waals surface area contributed by atoms with Gasteiger partial charge in [0.05, 0.1) is 30.3 Å². The molecule has 2 aromatic rings. The summed E-state index contributed by atoms with van der Waals surface area (Å²) in [5.74, 6) is -0.409. The first-order valence-electron chi connectivity index (χ1n) is 11.8. The molecule has 1 fully saturated rings. The Balaban J connectivity index is 0.00000361. The van der Waals surface area contributed by atoms with Crippen molar-refractivity contribution >= 4 is 45.1 Å². The number of ether oxygens (including phenoxy) is 2. The van der Waals surface area contributed by atoms with Crippen LogP contribution in [0.2, 0.25) is 5.02 Å². The van der Waals surface area contributed by atoms with Gasteiger partial charge in [0.25, 0.3) is 10.1 Å². The Morgan fingerprint density at radius 1 is 0.973 bits per heavy atom. The van der Waals surface area contributed by atoms with E-state index in [1.165, 1.54) is 4.90 Å². The number of benzene rings is 2. The van der Waals surface area contributed by atoms with Crippen LogP contribution in [0.4, 0.5) is 16.2 Å². The molecular formula is C25H32ClN2NaO7S. The molecule has 37 heavy (non-hydrogen) atoms. The predicted molar refractivity (Wildman–Crippen MR) is 138 cm³/mol. The van der Waals surface area contributed by atoms with E-state index in [1.54, 1.807) is 24.3 Å². The smallest absolute Gasteiger partial charge is 1.00 e. The number of para-hydroxylation sites is 1. The van der Waals surface area contributed by atoms with Crippen LogP contribution in [-0.2, 0) is 24.4 Å². The number of halogens is 1. The molecule has 0 unspecified atom stereocenters. The van der Waals surface area contributed by atoms with E-state index >= 15 is 0 Å². The van der Waals surface area contributed by atoms with E-state index < -0.39 is 27.9 Å². The van der Waals surface area contributed by atoms with Crippen molar-refractivity contribution < 1.29 is 63.0 Å². The van der Waals surface area contributed by atoms with Crippen molar-refractivity contribution in [3.05, 3.63) is 59.6 Å². The molecule has 0 saturated heterocycles. The maximum atomic E-state index is 13.0. The minimum absolute atomic E-state index is 0. The Morgan fingerprint density at radius 2 is 1.54 bits per heavy atom. The number of rotatable bonds is 11. The number of nitrogens with zero attached hydrogens (tertiary/aromatic N) is 1. The van der Waals surface area contributed by atoms with Crippen molar-refractivity contribution in [1.82, 2.24) is 5.32 Å². The van der Waals surface area contributed by atoms with Gasteiger partial charge in [-0.25, -0.2) is 9.69 Å². The summed E-state index contributed by atoms with van der Waals surface area (Å²) in [5, 5.41) is 2.97. The van der Waals surface area contributed by atoms with Crippen LogP contribution in [0.1, 0.15) is 27.1 Å². The van der Waals surface area contributed by atoms with Crippen LogP contribution in [0.25, 0.3) is 0 Å². The van der Waals surface area contributed by atoms with E-state index in [-0.39, 0.29) is 50.1 Å². The molecule has 2 aromatic carbocycles. The molecule has 0 heterocycles. The van der Waals surface area contributed by atoms with Gasteiger partial charge in [-0.15, -0.1) is 0 Å². The van der Waals surface area contributed by atoms with Gasteiger partial charge in [0.1, 0.15) is 6.61 Å². The molecule has 1 aliphatic rings. The third kappa shape index (κ3) is 11.3. The summed E-state index contributed by atoms with van der Waals surface area (Å²) >= 11 is 6.01. The second-order valence-corrected chi connectivity index (χ2v) is 10.8. The summed E-state index contributed by atoms with van der Waals surface area (Å²) in [6.45, 7) is 0.420. The zero-order valence-corrected chi connectivity index (χ0v) is 24.4. The van der Waals surface area contributed by atoms with E-state index in [9.17, 15) is 18.0 Å².